The largest absolute Gasteiger partial charge is 0.384 e. The number of β-amino-alcohol motifs (C(OH)–C–C–N with tert-alkyl or cyclic N) is 1. The van der Waals surface area contributed by atoms with Crippen LogP contribution in [0.25, 0.3) is 0 Å². The van der Waals surface area contributed by atoms with Crippen LogP contribution in [-0.4, -0.2) is 28.3 Å². The number of nitrogens with zero attached hydrogens (tertiary/aromatic N) is 2. The van der Waals surface area contributed by atoms with E-state index in [2.05, 4.69) is 23.9 Å². The smallest absolute Gasteiger partial charge is 0.150 e. The molecule has 1 aliphatic rings. The Morgan fingerprint density at radius 3 is 2.82 bits per heavy atom. The molecule has 1 aliphatic heterocycles. The first-order valence-electron chi connectivity index (χ1n) is 8.00. The van der Waals surface area contributed by atoms with Gasteiger partial charge in [0, 0.05) is 19.2 Å². The van der Waals surface area contributed by atoms with Crippen LogP contribution in [0.15, 0.2) is 40.9 Å². The van der Waals surface area contributed by atoms with E-state index in [9.17, 15) is 5.11 Å². The highest BCUT2D eigenvalue weighted by atomic mass is 16.5. The molecule has 2 heterocycles. The topological polar surface area (TPSA) is 49.5 Å². The maximum Gasteiger partial charge on any atom is 0.150 e. The lowest BCUT2D eigenvalue weighted by atomic mass is 9.93. The molecule has 118 valence electrons. The predicted octanol–water partition coefficient (Wildman–Crippen LogP) is 2.97. The second-order valence-corrected chi connectivity index (χ2v) is 6.74. The monoisotopic (exact) mass is 300 g/mol. The summed E-state index contributed by atoms with van der Waals surface area (Å²) in [7, 11) is 0. The molecule has 1 fully saturated rings. The van der Waals surface area contributed by atoms with Crippen LogP contribution in [0.5, 0.6) is 0 Å². The normalized spacial score (nSPS) is 22.5. The molecule has 1 saturated heterocycles. The van der Waals surface area contributed by atoms with Gasteiger partial charge < -0.3 is 9.63 Å². The van der Waals surface area contributed by atoms with Gasteiger partial charge in [-0.1, -0.05) is 49.3 Å². The fourth-order valence-corrected chi connectivity index (χ4v) is 3.16. The van der Waals surface area contributed by atoms with Gasteiger partial charge in [0.2, 0.25) is 0 Å². The molecule has 1 atom stereocenters. The quantitative estimate of drug-likeness (QED) is 0.922. The van der Waals surface area contributed by atoms with Gasteiger partial charge in [0.25, 0.3) is 0 Å². The van der Waals surface area contributed by atoms with Crippen molar-refractivity contribution in [2.24, 2.45) is 5.92 Å². The van der Waals surface area contributed by atoms with Gasteiger partial charge in [0.05, 0.1) is 12.2 Å². The molecule has 4 nitrogen and oxygen atoms in total. The molecule has 22 heavy (non-hydrogen) atoms. The number of hydrogen-bond acceptors (Lipinski definition) is 4. The summed E-state index contributed by atoms with van der Waals surface area (Å²) in [6.45, 7) is 6.56. The van der Waals surface area contributed by atoms with E-state index in [1.165, 1.54) is 0 Å². The first kappa shape index (κ1) is 15.3. The number of rotatable bonds is 5. The minimum absolute atomic E-state index is 0.577. The minimum atomic E-state index is -0.748. The van der Waals surface area contributed by atoms with Crippen molar-refractivity contribution in [3.8, 4) is 0 Å². The van der Waals surface area contributed by atoms with Gasteiger partial charge >= 0.3 is 0 Å². The first-order valence-corrected chi connectivity index (χ1v) is 8.00. The van der Waals surface area contributed by atoms with Gasteiger partial charge in [-0.2, -0.15) is 0 Å². The second-order valence-electron chi connectivity index (χ2n) is 6.74. The highest BCUT2D eigenvalue weighted by Gasteiger charge is 2.37. The summed E-state index contributed by atoms with van der Waals surface area (Å²) in [5.74, 6) is 1.46. The maximum atomic E-state index is 10.8. The summed E-state index contributed by atoms with van der Waals surface area (Å²) in [4.78, 5) is 2.23. The van der Waals surface area contributed by atoms with Crippen molar-refractivity contribution in [1.29, 1.82) is 0 Å². The maximum absolute atomic E-state index is 10.8. The van der Waals surface area contributed by atoms with E-state index in [4.69, 9.17) is 4.52 Å². The number of aromatic nitrogens is 1. The van der Waals surface area contributed by atoms with E-state index in [1.54, 1.807) is 0 Å². The Morgan fingerprint density at radius 1 is 1.32 bits per heavy atom. The minimum Gasteiger partial charge on any atom is -0.384 e. The van der Waals surface area contributed by atoms with Crippen LogP contribution in [0.1, 0.15) is 37.3 Å². The fraction of sp³-hybridized carbons (Fsp3) is 0.500. The Balaban J connectivity index is 1.62. The number of likely N-dealkylation sites (tertiary alicyclic amines) is 1. The van der Waals surface area contributed by atoms with Crippen LogP contribution in [-0.2, 0) is 18.6 Å². The molecule has 1 aromatic heterocycles. The van der Waals surface area contributed by atoms with Crippen LogP contribution in [0, 0.1) is 5.92 Å². The predicted molar refractivity (Wildman–Crippen MR) is 85.3 cm³/mol. The van der Waals surface area contributed by atoms with Crippen molar-refractivity contribution >= 4 is 0 Å². The molecular weight excluding hydrogens is 276 g/mol. The average Bonchev–Trinajstić information content (AvgIpc) is 3.08. The van der Waals surface area contributed by atoms with Crippen molar-refractivity contribution < 1.29 is 9.63 Å². The van der Waals surface area contributed by atoms with E-state index in [0.29, 0.717) is 19.0 Å². The van der Waals surface area contributed by atoms with Gasteiger partial charge in [-0.25, -0.2) is 0 Å². The molecule has 0 saturated carbocycles. The lowest BCUT2D eigenvalue weighted by Crippen LogP contribution is -2.30. The van der Waals surface area contributed by atoms with E-state index in [0.717, 1.165) is 36.4 Å². The van der Waals surface area contributed by atoms with Gasteiger partial charge in [0.1, 0.15) is 5.60 Å². The zero-order valence-corrected chi connectivity index (χ0v) is 13.3. The Kier molecular flexibility index (Phi) is 4.32. The van der Waals surface area contributed by atoms with Crippen molar-refractivity contribution in [2.75, 3.05) is 13.1 Å². The summed E-state index contributed by atoms with van der Waals surface area (Å²) in [5, 5.41) is 15.0. The van der Waals surface area contributed by atoms with Crippen LogP contribution >= 0.6 is 0 Å². The van der Waals surface area contributed by atoms with E-state index >= 15 is 0 Å². The summed E-state index contributed by atoms with van der Waals surface area (Å²) in [6, 6.07) is 12.0. The summed E-state index contributed by atoms with van der Waals surface area (Å²) in [5.41, 5.74) is 1.26. The molecule has 1 aromatic carbocycles. The molecule has 0 spiro atoms. The van der Waals surface area contributed by atoms with Crippen molar-refractivity contribution in [1.82, 2.24) is 10.1 Å². The molecule has 0 bridgehead atoms. The standard InChI is InChI=1S/C18H24N2O2/c1-14(2)10-16-11-17(22-19-16)12-20-9-8-18(21,13-20)15-6-4-3-5-7-15/h3-7,11,14,21H,8-10,12-13H2,1-2H3. The van der Waals surface area contributed by atoms with Crippen LogP contribution in [0.2, 0.25) is 0 Å². The Morgan fingerprint density at radius 2 is 2.09 bits per heavy atom. The Bertz CT molecular complexity index is 609. The van der Waals surface area contributed by atoms with Crippen LogP contribution < -0.4 is 0 Å². The molecule has 3 rings (SSSR count). The third-order valence-electron chi connectivity index (χ3n) is 4.24. The van der Waals surface area contributed by atoms with Crippen molar-refractivity contribution in [3.05, 3.63) is 53.4 Å². The number of aliphatic hydroxyl groups is 1. The number of hydrogen-bond donors (Lipinski definition) is 1. The Labute approximate surface area is 131 Å². The van der Waals surface area contributed by atoms with Gasteiger partial charge in [-0.3, -0.25) is 4.90 Å². The second kappa shape index (κ2) is 6.23. The molecule has 1 unspecified atom stereocenters. The van der Waals surface area contributed by atoms with Gasteiger partial charge in [-0.05, 0) is 24.3 Å². The van der Waals surface area contributed by atoms with Crippen LogP contribution in [0.3, 0.4) is 0 Å². The highest BCUT2D eigenvalue weighted by molar-refractivity contribution is 5.24. The first-order chi connectivity index (χ1) is 10.5. The molecule has 0 radical (unpaired) electrons. The molecule has 0 aliphatic carbocycles. The number of benzene rings is 1. The van der Waals surface area contributed by atoms with Gasteiger partial charge in [0.15, 0.2) is 5.76 Å². The molecule has 2 aromatic rings. The molecule has 0 amide bonds. The van der Waals surface area contributed by atoms with E-state index in [1.807, 2.05) is 36.4 Å². The lowest BCUT2D eigenvalue weighted by Gasteiger charge is -2.23. The Hall–Kier alpha value is -1.65. The van der Waals surface area contributed by atoms with Crippen molar-refractivity contribution in [2.45, 2.75) is 38.8 Å². The SMILES string of the molecule is CC(C)Cc1cc(CN2CCC(O)(c3ccccc3)C2)on1. The third kappa shape index (κ3) is 3.39. The third-order valence-corrected chi connectivity index (χ3v) is 4.24. The summed E-state index contributed by atoms with van der Waals surface area (Å²) < 4.78 is 5.43. The average molecular weight is 300 g/mol. The summed E-state index contributed by atoms with van der Waals surface area (Å²) in [6.07, 6.45) is 1.70. The highest BCUT2D eigenvalue weighted by Crippen LogP contribution is 2.32. The zero-order chi connectivity index (χ0) is 15.6. The van der Waals surface area contributed by atoms with E-state index in [-0.39, 0.29) is 0 Å². The van der Waals surface area contributed by atoms with Crippen molar-refractivity contribution in [3.63, 3.8) is 0 Å². The molecule has 4 heteroatoms. The molecular formula is C18H24N2O2. The fourth-order valence-electron chi connectivity index (χ4n) is 3.16. The van der Waals surface area contributed by atoms with Crippen LogP contribution in [0.4, 0.5) is 0 Å². The summed E-state index contributed by atoms with van der Waals surface area (Å²) >= 11 is 0. The lowest BCUT2D eigenvalue weighted by molar-refractivity contribution is 0.0443. The van der Waals surface area contributed by atoms with E-state index < -0.39 is 5.60 Å². The van der Waals surface area contributed by atoms with Gasteiger partial charge in [-0.15, -0.1) is 0 Å². The molecule has 1 N–H and O–H groups in total. The zero-order valence-electron chi connectivity index (χ0n) is 13.3.